The van der Waals surface area contributed by atoms with Crippen LogP contribution in [0.4, 0.5) is 5.82 Å². The number of carbonyl (C=O) groups is 1. The number of aromatic nitrogens is 2. The Labute approximate surface area is 176 Å². The molecule has 150 valence electrons. The first kappa shape index (κ1) is 18.6. The molecule has 0 unspecified atom stereocenters. The van der Waals surface area contributed by atoms with Crippen molar-refractivity contribution < 1.29 is 4.79 Å². The van der Waals surface area contributed by atoms with E-state index in [2.05, 4.69) is 56.4 Å². The van der Waals surface area contributed by atoms with Gasteiger partial charge in [-0.1, -0.05) is 47.5 Å². The molecule has 5 rings (SSSR count). The molecule has 0 aliphatic heterocycles. The van der Waals surface area contributed by atoms with Crippen LogP contribution >= 0.6 is 0 Å². The highest BCUT2D eigenvalue weighted by Crippen LogP contribution is 2.48. The van der Waals surface area contributed by atoms with E-state index in [9.17, 15) is 4.79 Å². The standard InChI is InChI=1S/C26H25N3O/c1-16-9-10-29-23(14-16)27-24(20-12-17(2)11-18(3)13-20)25(29)28-26(30)22-15-21(22)19-7-5-4-6-8-19/h4-14,21-22H,15H2,1-3H3,(H,28,30)/t21-,22+/m0/s1. The lowest BCUT2D eigenvalue weighted by molar-refractivity contribution is -0.117. The van der Waals surface area contributed by atoms with Gasteiger partial charge in [0.15, 0.2) is 0 Å². The van der Waals surface area contributed by atoms with Crippen LogP contribution in [0.1, 0.15) is 34.6 Å². The largest absolute Gasteiger partial charge is 0.310 e. The van der Waals surface area contributed by atoms with Crippen LogP contribution in [-0.4, -0.2) is 15.3 Å². The highest BCUT2D eigenvalue weighted by molar-refractivity contribution is 5.98. The first-order chi connectivity index (χ1) is 14.5. The molecule has 4 aromatic rings. The lowest BCUT2D eigenvalue weighted by Gasteiger charge is -2.09. The lowest BCUT2D eigenvalue weighted by Crippen LogP contribution is -2.16. The molecule has 2 heterocycles. The highest BCUT2D eigenvalue weighted by atomic mass is 16.2. The van der Waals surface area contributed by atoms with Crippen LogP contribution in [0, 0.1) is 26.7 Å². The average Bonchev–Trinajstić information content (AvgIpc) is 3.45. The normalized spacial score (nSPS) is 17.8. The molecule has 1 amide bonds. The summed E-state index contributed by atoms with van der Waals surface area (Å²) in [4.78, 5) is 18.0. The van der Waals surface area contributed by atoms with Gasteiger partial charge in [-0.05, 0) is 68.5 Å². The molecule has 1 aliphatic rings. The summed E-state index contributed by atoms with van der Waals surface area (Å²) in [6.45, 7) is 6.23. The smallest absolute Gasteiger partial charge is 0.229 e. The fraction of sp³-hybridized carbons (Fsp3) is 0.231. The van der Waals surface area contributed by atoms with Gasteiger partial charge in [0.2, 0.25) is 5.91 Å². The molecule has 1 N–H and O–H groups in total. The predicted molar refractivity (Wildman–Crippen MR) is 121 cm³/mol. The number of hydrogen-bond donors (Lipinski definition) is 1. The maximum atomic E-state index is 13.1. The van der Waals surface area contributed by atoms with Crippen molar-refractivity contribution in [3.8, 4) is 11.3 Å². The van der Waals surface area contributed by atoms with E-state index in [-0.39, 0.29) is 11.8 Å². The molecule has 2 atom stereocenters. The molecule has 1 aliphatic carbocycles. The third kappa shape index (κ3) is 3.39. The van der Waals surface area contributed by atoms with Crippen molar-refractivity contribution in [2.24, 2.45) is 5.92 Å². The minimum atomic E-state index is 0.00972. The van der Waals surface area contributed by atoms with Crippen molar-refractivity contribution in [2.45, 2.75) is 33.1 Å². The first-order valence-electron chi connectivity index (χ1n) is 10.4. The zero-order valence-corrected chi connectivity index (χ0v) is 17.5. The number of nitrogens with one attached hydrogen (secondary N) is 1. The maximum absolute atomic E-state index is 13.1. The predicted octanol–water partition coefficient (Wildman–Crippen LogP) is 5.67. The van der Waals surface area contributed by atoms with Crippen molar-refractivity contribution in [1.82, 2.24) is 9.38 Å². The number of anilines is 1. The Bertz CT molecular complexity index is 1240. The van der Waals surface area contributed by atoms with E-state index in [4.69, 9.17) is 4.98 Å². The minimum absolute atomic E-state index is 0.00972. The molecule has 30 heavy (non-hydrogen) atoms. The van der Waals surface area contributed by atoms with E-state index < -0.39 is 0 Å². The lowest BCUT2D eigenvalue weighted by atomic mass is 10.0. The van der Waals surface area contributed by atoms with Gasteiger partial charge in [-0.2, -0.15) is 0 Å². The molecule has 0 radical (unpaired) electrons. The Morgan fingerprint density at radius 1 is 0.967 bits per heavy atom. The summed E-state index contributed by atoms with van der Waals surface area (Å²) in [5, 5.41) is 3.21. The fourth-order valence-corrected chi connectivity index (χ4v) is 4.34. The summed E-state index contributed by atoms with van der Waals surface area (Å²) in [5.74, 6) is 1.13. The topological polar surface area (TPSA) is 46.4 Å². The Balaban J connectivity index is 1.52. The van der Waals surface area contributed by atoms with E-state index in [0.717, 1.165) is 34.7 Å². The second kappa shape index (κ2) is 7.13. The monoisotopic (exact) mass is 395 g/mol. The minimum Gasteiger partial charge on any atom is -0.310 e. The second-order valence-corrected chi connectivity index (χ2v) is 8.47. The van der Waals surface area contributed by atoms with Gasteiger partial charge in [-0.15, -0.1) is 0 Å². The zero-order chi connectivity index (χ0) is 20.8. The van der Waals surface area contributed by atoms with Crippen LogP contribution in [0.2, 0.25) is 0 Å². The van der Waals surface area contributed by atoms with E-state index >= 15 is 0 Å². The Kier molecular flexibility index (Phi) is 4.43. The number of nitrogens with zero attached hydrogens (tertiary/aromatic N) is 2. The Morgan fingerprint density at radius 3 is 2.43 bits per heavy atom. The second-order valence-electron chi connectivity index (χ2n) is 8.47. The van der Waals surface area contributed by atoms with Crippen molar-refractivity contribution >= 4 is 17.4 Å². The summed E-state index contributed by atoms with van der Waals surface area (Å²) in [6.07, 6.45) is 2.88. The van der Waals surface area contributed by atoms with Crippen LogP contribution < -0.4 is 5.32 Å². The number of pyridine rings is 1. The summed E-state index contributed by atoms with van der Waals surface area (Å²) in [5.41, 5.74) is 7.43. The van der Waals surface area contributed by atoms with Crippen LogP contribution in [0.15, 0.2) is 66.9 Å². The maximum Gasteiger partial charge on any atom is 0.229 e. The Hall–Kier alpha value is -3.40. The van der Waals surface area contributed by atoms with Crippen molar-refractivity contribution in [1.29, 1.82) is 0 Å². The van der Waals surface area contributed by atoms with Crippen molar-refractivity contribution in [3.05, 3.63) is 89.1 Å². The number of amides is 1. The van der Waals surface area contributed by atoms with Crippen molar-refractivity contribution in [2.75, 3.05) is 5.32 Å². The van der Waals surface area contributed by atoms with Gasteiger partial charge in [-0.25, -0.2) is 4.98 Å². The molecular weight excluding hydrogens is 370 g/mol. The molecule has 0 spiro atoms. The van der Waals surface area contributed by atoms with Crippen LogP contribution in [0.3, 0.4) is 0 Å². The van der Waals surface area contributed by atoms with E-state index in [1.54, 1.807) is 0 Å². The van der Waals surface area contributed by atoms with Gasteiger partial charge in [0.1, 0.15) is 17.2 Å². The molecule has 2 aromatic heterocycles. The molecule has 1 fully saturated rings. The zero-order valence-electron chi connectivity index (χ0n) is 17.5. The van der Waals surface area contributed by atoms with Crippen LogP contribution in [0.5, 0.6) is 0 Å². The number of hydrogen-bond acceptors (Lipinski definition) is 2. The molecule has 2 aromatic carbocycles. The van der Waals surface area contributed by atoms with E-state index in [1.807, 2.05) is 40.9 Å². The number of imidazole rings is 1. The molecule has 4 nitrogen and oxygen atoms in total. The Morgan fingerprint density at radius 2 is 1.70 bits per heavy atom. The number of aryl methyl sites for hydroxylation is 3. The third-order valence-corrected chi connectivity index (χ3v) is 5.87. The molecule has 0 bridgehead atoms. The number of benzene rings is 2. The van der Waals surface area contributed by atoms with Gasteiger partial charge in [-0.3, -0.25) is 9.20 Å². The number of rotatable bonds is 4. The summed E-state index contributed by atoms with van der Waals surface area (Å²) >= 11 is 0. The number of fused-ring (bicyclic) bond motifs is 1. The fourth-order valence-electron chi connectivity index (χ4n) is 4.34. The summed E-state index contributed by atoms with van der Waals surface area (Å²) in [7, 11) is 0. The van der Waals surface area contributed by atoms with E-state index in [1.165, 1.54) is 16.7 Å². The SMILES string of the molecule is Cc1cc(C)cc(-c2nc3cc(C)ccn3c2NC(=O)[C@@H]2C[C@H]2c2ccccc2)c1. The van der Waals surface area contributed by atoms with E-state index in [0.29, 0.717) is 5.92 Å². The van der Waals surface area contributed by atoms with Gasteiger partial charge in [0.25, 0.3) is 0 Å². The van der Waals surface area contributed by atoms with Crippen molar-refractivity contribution in [3.63, 3.8) is 0 Å². The average molecular weight is 396 g/mol. The molecule has 0 saturated heterocycles. The van der Waals surface area contributed by atoms with Gasteiger partial charge >= 0.3 is 0 Å². The van der Waals surface area contributed by atoms with Crippen LogP contribution in [0.25, 0.3) is 16.9 Å². The van der Waals surface area contributed by atoms with Gasteiger partial charge in [0, 0.05) is 17.7 Å². The molecule has 4 heteroatoms. The van der Waals surface area contributed by atoms with Gasteiger partial charge in [0.05, 0.1) is 0 Å². The van der Waals surface area contributed by atoms with Gasteiger partial charge < -0.3 is 5.32 Å². The number of carbonyl (C=O) groups excluding carboxylic acids is 1. The molecule has 1 saturated carbocycles. The van der Waals surface area contributed by atoms with Crippen LogP contribution in [-0.2, 0) is 4.79 Å². The first-order valence-corrected chi connectivity index (χ1v) is 10.4. The highest BCUT2D eigenvalue weighted by Gasteiger charge is 2.44. The quantitative estimate of drug-likeness (QED) is 0.484. The summed E-state index contributed by atoms with van der Waals surface area (Å²) in [6, 6.07) is 20.8. The third-order valence-electron chi connectivity index (χ3n) is 5.87. The summed E-state index contributed by atoms with van der Waals surface area (Å²) < 4.78 is 1.98. The molecular formula is C26H25N3O.